The summed E-state index contributed by atoms with van der Waals surface area (Å²) in [6, 6.07) is 11.8. The summed E-state index contributed by atoms with van der Waals surface area (Å²) in [5.41, 5.74) is -0.125. The summed E-state index contributed by atoms with van der Waals surface area (Å²) in [6.07, 6.45) is 1.56. The van der Waals surface area contributed by atoms with E-state index in [4.69, 9.17) is 11.7 Å². The van der Waals surface area contributed by atoms with E-state index in [1.54, 1.807) is 24.3 Å². The minimum Gasteiger partial charge on any atom is -0.507 e. The summed E-state index contributed by atoms with van der Waals surface area (Å²) in [5, 5.41) is 21.4. The highest BCUT2D eigenvalue weighted by Crippen LogP contribution is 2.24. The van der Waals surface area contributed by atoms with E-state index in [-0.39, 0.29) is 40.5 Å². The zero-order valence-corrected chi connectivity index (χ0v) is 19.5. The van der Waals surface area contributed by atoms with Gasteiger partial charge >= 0.3 is 0 Å². The number of carbonyl (C=O) groups excluding carboxylic acids is 2. The van der Waals surface area contributed by atoms with Crippen LogP contribution in [0.1, 0.15) is 47.4 Å². The van der Waals surface area contributed by atoms with Gasteiger partial charge in [0.25, 0.3) is 23.7 Å². The summed E-state index contributed by atoms with van der Waals surface area (Å²) in [6.45, 7) is 5.15. The summed E-state index contributed by atoms with van der Waals surface area (Å²) in [4.78, 5) is 40.6. The normalized spacial score (nSPS) is 10.6. The Morgan fingerprint density at radius 3 is 1.46 bits per heavy atom. The Morgan fingerprint density at radius 2 is 1.09 bits per heavy atom. The molecule has 0 fully saturated rings. The number of benzene rings is 2. The Hall–Kier alpha value is -4.29. The largest absolute Gasteiger partial charge is 0.507 e. The van der Waals surface area contributed by atoms with E-state index >= 15 is 0 Å². The van der Waals surface area contributed by atoms with Crippen molar-refractivity contribution < 1.29 is 19.8 Å². The molecule has 12 nitrogen and oxygen atoms in total. The third kappa shape index (κ3) is 5.62. The summed E-state index contributed by atoms with van der Waals surface area (Å²) in [5.74, 6) is 9.62. The molecule has 1 heterocycles. The standard InChI is InChI=1S/C23H28N8O4/c1-3-13-29(14-4-2)21-26-22(30(24)19(34)15-9-5-7-11-17(15)32)28-23(27-21)31(25)20(35)16-10-6-8-12-18(16)33/h5-12,32-33H,3-4,13-14,24-25H2,1-2H3. The fourth-order valence-electron chi connectivity index (χ4n) is 3.30. The molecule has 1 aromatic heterocycles. The van der Waals surface area contributed by atoms with Crippen LogP contribution in [-0.2, 0) is 0 Å². The second-order valence-electron chi connectivity index (χ2n) is 7.61. The number of anilines is 3. The molecule has 35 heavy (non-hydrogen) atoms. The molecule has 0 spiro atoms. The predicted molar refractivity (Wildman–Crippen MR) is 131 cm³/mol. The maximum atomic E-state index is 13.0. The Balaban J connectivity index is 2.08. The molecule has 0 saturated heterocycles. The number of rotatable bonds is 9. The number of hydrogen-bond acceptors (Lipinski definition) is 10. The van der Waals surface area contributed by atoms with Crippen molar-refractivity contribution in [2.24, 2.45) is 11.7 Å². The Morgan fingerprint density at radius 1 is 0.714 bits per heavy atom. The highest BCUT2D eigenvalue weighted by atomic mass is 16.3. The van der Waals surface area contributed by atoms with Gasteiger partial charge in [0, 0.05) is 13.1 Å². The van der Waals surface area contributed by atoms with Gasteiger partial charge in [0.05, 0.1) is 11.1 Å². The summed E-state index contributed by atoms with van der Waals surface area (Å²) in [7, 11) is 0. The zero-order chi connectivity index (χ0) is 25.5. The number of nitrogens with zero attached hydrogens (tertiary/aromatic N) is 6. The molecule has 0 unspecified atom stereocenters. The van der Waals surface area contributed by atoms with Gasteiger partial charge in [0.15, 0.2) is 0 Å². The lowest BCUT2D eigenvalue weighted by Gasteiger charge is -2.25. The van der Waals surface area contributed by atoms with Crippen LogP contribution in [-0.4, -0.2) is 50.1 Å². The number of nitrogens with two attached hydrogens (primary N) is 2. The first-order chi connectivity index (χ1) is 16.8. The van der Waals surface area contributed by atoms with Crippen LogP contribution >= 0.6 is 0 Å². The van der Waals surface area contributed by atoms with Gasteiger partial charge in [-0.2, -0.15) is 15.0 Å². The number of phenolic OH excluding ortho intramolecular Hbond substituents is 2. The average Bonchev–Trinajstić information content (AvgIpc) is 2.87. The van der Waals surface area contributed by atoms with Gasteiger partial charge in [0.2, 0.25) is 5.95 Å². The molecule has 0 aliphatic rings. The lowest BCUT2D eigenvalue weighted by molar-refractivity contribution is 0.0977. The lowest BCUT2D eigenvalue weighted by Crippen LogP contribution is -2.42. The summed E-state index contributed by atoms with van der Waals surface area (Å²) >= 11 is 0. The van der Waals surface area contributed by atoms with E-state index < -0.39 is 11.8 Å². The number of carbonyl (C=O) groups is 2. The third-order valence-corrected chi connectivity index (χ3v) is 5.01. The number of phenols is 2. The molecule has 3 aromatic rings. The minimum atomic E-state index is -0.778. The zero-order valence-electron chi connectivity index (χ0n) is 19.5. The van der Waals surface area contributed by atoms with Crippen LogP contribution in [0.5, 0.6) is 11.5 Å². The highest BCUT2D eigenvalue weighted by molar-refractivity contribution is 6.07. The van der Waals surface area contributed by atoms with Crippen LogP contribution < -0.4 is 26.6 Å². The Bertz CT molecular complexity index is 1120. The van der Waals surface area contributed by atoms with Crippen molar-refractivity contribution in [1.29, 1.82) is 0 Å². The number of aromatic hydroxyl groups is 2. The molecule has 2 amide bonds. The van der Waals surface area contributed by atoms with Crippen molar-refractivity contribution in [2.75, 3.05) is 28.0 Å². The number of para-hydroxylation sites is 2. The van der Waals surface area contributed by atoms with Crippen molar-refractivity contribution in [3.05, 3.63) is 59.7 Å². The molecule has 0 atom stereocenters. The average molecular weight is 481 g/mol. The number of hydrazine groups is 2. The molecule has 6 N–H and O–H groups in total. The van der Waals surface area contributed by atoms with Gasteiger partial charge in [0.1, 0.15) is 11.5 Å². The fourth-order valence-corrected chi connectivity index (χ4v) is 3.30. The molecule has 3 rings (SSSR count). The van der Waals surface area contributed by atoms with Gasteiger partial charge in [-0.3, -0.25) is 9.59 Å². The summed E-state index contributed by atoms with van der Waals surface area (Å²) < 4.78 is 0. The van der Waals surface area contributed by atoms with Crippen molar-refractivity contribution in [3.63, 3.8) is 0 Å². The molecular weight excluding hydrogens is 452 g/mol. The maximum absolute atomic E-state index is 13.0. The van der Waals surface area contributed by atoms with Gasteiger partial charge in [-0.1, -0.05) is 38.1 Å². The van der Waals surface area contributed by atoms with Crippen molar-refractivity contribution in [3.8, 4) is 11.5 Å². The van der Waals surface area contributed by atoms with Crippen LogP contribution in [0.4, 0.5) is 17.8 Å². The monoisotopic (exact) mass is 480 g/mol. The molecule has 0 aliphatic carbocycles. The van der Waals surface area contributed by atoms with Crippen molar-refractivity contribution in [1.82, 2.24) is 15.0 Å². The van der Waals surface area contributed by atoms with Crippen LogP contribution in [0.25, 0.3) is 0 Å². The van der Waals surface area contributed by atoms with Crippen molar-refractivity contribution >= 4 is 29.7 Å². The quantitative estimate of drug-likeness (QED) is 0.201. The Labute approximate surface area is 202 Å². The molecule has 2 aromatic carbocycles. The van der Waals surface area contributed by atoms with E-state index in [2.05, 4.69) is 15.0 Å². The van der Waals surface area contributed by atoms with Crippen LogP contribution in [0.2, 0.25) is 0 Å². The van der Waals surface area contributed by atoms with E-state index in [9.17, 15) is 19.8 Å². The molecule has 0 bridgehead atoms. The lowest BCUT2D eigenvalue weighted by atomic mass is 10.2. The first-order valence-corrected chi connectivity index (χ1v) is 11.0. The molecular formula is C23H28N8O4. The van der Waals surface area contributed by atoms with Gasteiger partial charge < -0.3 is 15.1 Å². The fraction of sp³-hybridized carbons (Fsp3) is 0.261. The SMILES string of the molecule is CCCN(CCC)c1nc(N(N)C(=O)c2ccccc2O)nc(N(N)C(=O)c2ccccc2O)n1. The van der Waals surface area contributed by atoms with Crippen LogP contribution in [0.15, 0.2) is 48.5 Å². The van der Waals surface area contributed by atoms with Crippen LogP contribution in [0.3, 0.4) is 0 Å². The first-order valence-electron chi connectivity index (χ1n) is 11.0. The molecule has 12 heteroatoms. The van der Waals surface area contributed by atoms with Gasteiger partial charge in [-0.25, -0.2) is 21.7 Å². The molecule has 0 aliphatic heterocycles. The van der Waals surface area contributed by atoms with Crippen molar-refractivity contribution in [2.45, 2.75) is 26.7 Å². The molecule has 0 saturated carbocycles. The second kappa shape index (κ2) is 11.2. The third-order valence-electron chi connectivity index (χ3n) is 5.01. The highest BCUT2D eigenvalue weighted by Gasteiger charge is 2.26. The van der Waals surface area contributed by atoms with E-state index in [0.29, 0.717) is 23.1 Å². The molecule has 184 valence electrons. The maximum Gasteiger partial charge on any atom is 0.278 e. The topological polar surface area (TPSA) is 175 Å². The minimum absolute atomic E-state index is 0.0626. The van der Waals surface area contributed by atoms with E-state index in [0.717, 1.165) is 12.8 Å². The Kier molecular flexibility index (Phi) is 8.12. The number of amides is 2. The van der Waals surface area contributed by atoms with Gasteiger partial charge in [-0.15, -0.1) is 0 Å². The molecule has 0 radical (unpaired) electrons. The number of hydrogen-bond donors (Lipinski definition) is 4. The first kappa shape index (κ1) is 25.3. The van der Waals surface area contributed by atoms with Gasteiger partial charge in [-0.05, 0) is 37.1 Å². The smallest absolute Gasteiger partial charge is 0.278 e. The predicted octanol–water partition coefficient (Wildman–Crippen LogP) is 1.95. The second-order valence-corrected chi connectivity index (χ2v) is 7.61. The number of aromatic nitrogens is 3. The van der Waals surface area contributed by atoms with Crippen LogP contribution in [0, 0.1) is 0 Å². The van der Waals surface area contributed by atoms with E-state index in [1.165, 1.54) is 24.3 Å². The van der Waals surface area contributed by atoms with E-state index in [1.807, 2.05) is 18.7 Å².